The summed E-state index contributed by atoms with van der Waals surface area (Å²) >= 11 is 6.85. The Morgan fingerprint density at radius 1 is 1.18 bits per heavy atom. The van der Waals surface area contributed by atoms with Crippen molar-refractivity contribution in [3.63, 3.8) is 0 Å². The van der Waals surface area contributed by atoms with Crippen molar-refractivity contribution in [2.45, 2.75) is 85.2 Å². The van der Waals surface area contributed by atoms with E-state index >= 15 is 0 Å². The third-order valence-electron chi connectivity index (χ3n) is 7.96. The highest BCUT2D eigenvalue weighted by Crippen LogP contribution is 2.41. The van der Waals surface area contributed by atoms with Crippen molar-refractivity contribution in [2.75, 3.05) is 18.0 Å². The van der Waals surface area contributed by atoms with Gasteiger partial charge in [-0.25, -0.2) is 14.3 Å². The maximum atomic E-state index is 13.9. The molecule has 0 N–H and O–H groups in total. The molecule has 9 heteroatoms. The number of hydrogen-bond donors (Lipinski definition) is 0. The molecule has 208 valence electrons. The molecule has 3 aromatic heterocycles. The highest BCUT2D eigenvalue weighted by molar-refractivity contribution is 6.32. The van der Waals surface area contributed by atoms with Crippen molar-refractivity contribution in [3.05, 3.63) is 63.4 Å². The standard InChI is InChI=1S/C29H35ClN6O2.CH4/c1-7-23(37)34-14-19(6)35(15-18(34)5)27-21-13-22(30)25(20-9-8-10-20)32-28(21)36(29(38)33-27)26-17(4)11-12-31-24(26)16(2)3;/h7,11-13,16,18-20H,1,8-10,14-15H2,2-6H3;1H4/t18-,19+;/m1./s1. The van der Waals surface area contributed by atoms with Gasteiger partial charge in [0.05, 0.1) is 27.5 Å². The van der Waals surface area contributed by atoms with Crippen LogP contribution in [0.5, 0.6) is 0 Å². The van der Waals surface area contributed by atoms with Gasteiger partial charge in [-0.15, -0.1) is 0 Å². The van der Waals surface area contributed by atoms with Crippen LogP contribution in [0.1, 0.15) is 83.2 Å². The Hall–Kier alpha value is -3.26. The Morgan fingerprint density at radius 3 is 2.51 bits per heavy atom. The molecule has 1 saturated heterocycles. The molecule has 2 aliphatic rings. The fourth-order valence-corrected chi connectivity index (χ4v) is 5.94. The van der Waals surface area contributed by atoms with Gasteiger partial charge in [0.1, 0.15) is 5.82 Å². The fourth-order valence-electron chi connectivity index (χ4n) is 5.64. The molecule has 3 aromatic rings. The summed E-state index contributed by atoms with van der Waals surface area (Å²) in [6, 6.07) is 3.68. The van der Waals surface area contributed by atoms with Gasteiger partial charge in [0.2, 0.25) is 5.91 Å². The predicted molar refractivity (Wildman–Crippen MR) is 158 cm³/mol. The van der Waals surface area contributed by atoms with Gasteiger partial charge in [0.25, 0.3) is 0 Å². The van der Waals surface area contributed by atoms with E-state index < -0.39 is 5.69 Å². The number of nitrogens with zero attached hydrogens (tertiary/aromatic N) is 6. The molecular formula is C30H39ClN6O2. The number of carbonyl (C=O) groups excluding carboxylic acids is 1. The molecule has 1 aliphatic carbocycles. The van der Waals surface area contributed by atoms with E-state index in [9.17, 15) is 9.59 Å². The summed E-state index contributed by atoms with van der Waals surface area (Å²) in [5.74, 6) is 0.842. The molecule has 0 bridgehead atoms. The minimum atomic E-state index is -0.399. The van der Waals surface area contributed by atoms with Gasteiger partial charge in [-0.05, 0) is 63.3 Å². The molecule has 5 rings (SSSR count). The van der Waals surface area contributed by atoms with E-state index in [4.69, 9.17) is 16.6 Å². The first-order valence-electron chi connectivity index (χ1n) is 13.4. The number of pyridine rings is 2. The van der Waals surface area contributed by atoms with Crippen LogP contribution in [0.3, 0.4) is 0 Å². The zero-order valence-corrected chi connectivity index (χ0v) is 23.5. The molecule has 2 fully saturated rings. The largest absolute Gasteiger partial charge is 0.355 e. The molecule has 0 radical (unpaired) electrons. The highest BCUT2D eigenvalue weighted by atomic mass is 35.5. The smallest absolute Gasteiger partial charge is 0.349 e. The van der Waals surface area contributed by atoms with E-state index in [2.05, 4.69) is 35.3 Å². The summed E-state index contributed by atoms with van der Waals surface area (Å²) in [5.41, 5.74) is 3.48. The number of anilines is 1. The van der Waals surface area contributed by atoms with E-state index in [0.717, 1.165) is 47.3 Å². The maximum absolute atomic E-state index is 13.9. The lowest BCUT2D eigenvalue weighted by Gasteiger charge is -2.44. The Kier molecular flexibility index (Phi) is 8.17. The normalized spacial score (nSPS) is 19.7. The molecule has 8 nitrogen and oxygen atoms in total. The van der Waals surface area contributed by atoms with Crippen molar-refractivity contribution in [3.8, 4) is 5.69 Å². The van der Waals surface area contributed by atoms with Gasteiger partial charge >= 0.3 is 5.69 Å². The Labute approximate surface area is 235 Å². The lowest BCUT2D eigenvalue weighted by molar-refractivity contribution is -0.128. The molecule has 1 aliphatic heterocycles. The molecule has 4 heterocycles. The van der Waals surface area contributed by atoms with Gasteiger partial charge in [-0.3, -0.25) is 9.78 Å². The predicted octanol–water partition coefficient (Wildman–Crippen LogP) is 5.78. The number of halogens is 1. The first-order valence-corrected chi connectivity index (χ1v) is 13.8. The van der Waals surface area contributed by atoms with Gasteiger partial charge in [-0.2, -0.15) is 4.98 Å². The van der Waals surface area contributed by atoms with Crippen LogP contribution < -0.4 is 10.6 Å². The average Bonchev–Trinajstić information content (AvgIpc) is 2.84. The SMILES string of the molecule is C.C=CC(=O)N1C[C@H](C)N(c2nc(=O)n(-c3c(C)ccnc3C(C)C)c3nc(C4CCC4)c(Cl)cc23)C[C@H]1C. The maximum Gasteiger partial charge on any atom is 0.355 e. The van der Waals surface area contributed by atoms with Crippen LogP contribution >= 0.6 is 11.6 Å². The molecule has 0 spiro atoms. The summed E-state index contributed by atoms with van der Waals surface area (Å²) < 4.78 is 1.63. The summed E-state index contributed by atoms with van der Waals surface area (Å²) in [6.07, 6.45) is 6.36. The van der Waals surface area contributed by atoms with Crippen LogP contribution in [0.2, 0.25) is 5.02 Å². The fraction of sp³-hybridized carbons (Fsp3) is 0.500. The quantitative estimate of drug-likeness (QED) is 0.375. The minimum absolute atomic E-state index is 0. The Morgan fingerprint density at radius 2 is 1.90 bits per heavy atom. The van der Waals surface area contributed by atoms with E-state index in [1.165, 1.54) is 6.08 Å². The zero-order valence-electron chi connectivity index (χ0n) is 22.7. The second kappa shape index (κ2) is 11.1. The number of fused-ring (bicyclic) bond motifs is 1. The van der Waals surface area contributed by atoms with Gasteiger partial charge in [-0.1, -0.05) is 45.9 Å². The molecule has 2 atom stereocenters. The lowest BCUT2D eigenvalue weighted by Crippen LogP contribution is -2.58. The number of rotatable bonds is 5. The number of hydrogen-bond acceptors (Lipinski definition) is 6. The number of aromatic nitrogens is 4. The van der Waals surface area contributed by atoms with Crippen molar-refractivity contribution in [1.82, 2.24) is 24.4 Å². The molecule has 0 aromatic carbocycles. The van der Waals surface area contributed by atoms with Gasteiger partial charge in [0.15, 0.2) is 5.65 Å². The minimum Gasteiger partial charge on any atom is -0.349 e. The number of piperazine rings is 1. The van der Waals surface area contributed by atoms with Crippen LogP contribution in [0.25, 0.3) is 16.7 Å². The summed E-state index contributed by atoms with van der Waals surface area (Å²) in [4.78, 5) is 44.6. The van der Waals surface area contributed by atoms with Crippen molar-refractivity contribution in [2.24, 2.45) is 0 Å². The van der Waals surface area contributed by atoms with Crippen molar-refractivity contribution >= 4 is 34.4 Å². The molecule has 39 heavy (non-hydrogen) atoms. The van der Waals surface area contributed by atoms with E-state index in [1.807, 2.05) is 37.8 Å². The third kappa shape index (κ3) is 4.95. The second-order valence-electron chi connectivity index (χ2n) is 11.0. The topological polar surface area (TPSA) is 84.2 Å². The average molecular weight is 551 g/mol. The first-order chi connectivity index (χ1) is 18.1. The van der Waals surface area contributed by atoms with Crippen molar-refractivity contribution < 1.29 is 4.79 Å². The summed E-state index contributed by atoms with van der Waals surface area (Å²) in [6.45, 7) is 14.8. The lowest BCUT2D eigenvalue weighted by atomic mass is 9.82. The summed E-state index contributed by atoms with van der Waals surface area (Å²) in [5, 5.41) is 1.32. The highest BCUT2D eigenvalue weighted by Gasteiger charge is 2.34. The van der Waals surface area contributed by atoms with Crippen molar-refractivity contribution in [1.29, 1.82) is 0 Å². The Balaban J connectivity index is 0.00000353. The number of carbonyl (C=O) groups is 1. The molecule has 0 unspecified atom stereocenters. The Bertz CT molecular complexity index is 1480. The van der Waals surface area contributed by atoms with Crippen LogP contribution in [-0.2, 0) is 4.79 Å². The molecule has 1 amide bonds. The number of aryl methyl sites for hydroxylation is 1. The first kappa shape index (κ1) is 28.7. The van der Waals surface area contributed by atoms with Gasteiger partial charge in [0, 0.05) is 37.3 Å². The second-order valence-corrected chi connectivity index (χ2v) is 11.4. The molecule has 1 saturated carbocycles. The third-order valence-corrected chi connectivity index (χ3v) is 8.26. The van der Waals surface area contributed by atoms with Crippen LogP contribution in [0.15, 0.2) is 35.8 Å². The van der Waals surface area contributed by atoms with E-state index in [0.29, 0.717) is 35.5 Å². The van der Waals surface area contributed by atoms with Crippen LogP contribution in [0.4, 0.5) is 5.82 Å². The van der Waals surface area contributed by atoms with Crippen LogP contribution in [-0.4, -0.2) is 55.5 Å². The van der Waals surface area contributed by atoms with E-state index in [1.54, 1.807) is 10.8 Å². The molecular weight excluding hydrogens is 512 g/mol. The monoisotopic (exact) mass is 550 g/mol. The number of amides is 1. The van der Waals surface area contributed by atoms with Crippen LogP contribution in [0, 0.1) is 6.92 Å². The zero-order chi connectivity index (χ0) is 27.3. The van der Waals surface area contributed by atoms with Gasteiger partial charge < -0.3 is 9.80 Å². The summed E-state index contributed by atoms with van der Waals surface area (Å²) in [7, 11) is 0. The van der Waals surface area contributed by atoms with E-state index in [-0.39, 0.29) is 31.3 Å².